The highest BCUT2D eigenvalue weighted by molar-refractivity contribution is 5.86. The number of esters is 1. The lowest BCUT2D eigenvalue weighted by Gasteiger charge is -1.95. The highest BCUT2D eigenvalue weighted by atomic mass is 16.5. The van der Waals surface area contributed by atoms with E-state index in [1.807, 2.05) is 11.6 Å². The molecule has 13 heavy (non-hydrogen) atoms. The maximum absolute atomic E-state index is 10.9. The molecule has 0 amide bonds. The number of aryl methyl sites for hydroxylation is 1. The van der Waals surface area contributed by atoms with Crippen molar-refractivity contribution in [1.82, 2.24) is 9.55 Å². The Labute approximate surface area is 76.8 Å². The van der Waals surface area contributed by atoms with Gasteiger partial charge in [0.15, 0.2) is 0 Å². The van der Waals surface area contributed by atoms with Gasteiger partial charge in [0.25, 0.3) is 0 Å². The van der Waals surface area contributed by atoms with Gasteiger partial charge in [0.05, 0.1) is 24.8 Å². The second-order valence-corrected chi connectivity index (χ2v) is 2.51. The molecule has 0 bridgehead atoms. The van der Waals surface area contributed by atoms with Crippen LogP contribution < -0.4 is 0 Å². The zero-order valence-corrected chi connectivity index (χ0v) is 7.73. The van der Waals surface area contributed by atoms with E-state index in [0.29, 0.717) is 6.61 Å². The zero-order chi connectivity index (χ0) is 9.68. The quantitative estimate of drug-likeness (QED) is 0.514. The molecule has 1 rings (SSSR count). The standard InChI is InChI=1S/C9H12N2O2/c1-3-13-9(12)5-4-8-6-10-7-11(8)2/h4-7H,3H2,1-2H3. The molecular weight excluding hydrogens is 168 g/mol. The lowest BCUT2D eigenvalue weighted by atomic mass is 10.4. The van der Waals surface area contributed by atoms with E-state index in [-0.39, 0.29) is 5.97 Å². The van der Waals surface area contributed by atoms with E-state index in [4.69, 9.17) is 4.74 Å². The molecule has 0 aliphatic carbocycles. The number of imidazole rings is 1. The minimum atomic E-state index is -0.330. The fourth-order valence-electron chi connectivity index (χ4n) is 0.872. The number of nitrogens with zero attached hydrogens (tertiary/aromatic N) is 2. The summed E-state index contributed by atoms with van der Waals surface area (Å²) >= 11 is 0. The van der Waals surface area contributed by atoms with Crippen molar-refractivity contribution < 1.29 is 9.53 Å². The molecule has 0 atom stereocenters. The monoisotopic (exact) mass is 180 g/mol. The molecule has 0 unspecified atom stereocenters. The van der Waals surface area contributed by atoms with Gasteiger partial charge in [0.1, 0.15) is 0 Å². The number of carbonyl (C=O) groups excluding carboxylic acids is 1. The summed E-state index contributed by atoms with van der Waals surface area (Å²) in [7, 11) is 1.86. The topological polar surface area (TPSA) is 44.1 Å². The van der Waals surface area contributed by atoms with Crippen LogP contribution in [0.15, 0.2) is 18.6 Å². The molecule has 4 heteroatoms. The van der Waals surface area contributed by atoms with Crippen LogP contribution in [0, 0.1) is 0 Å². The molecule has 4 nitrogen and oxygen atoms in total. The van der Waals surface area contributed by atoms with Crippen molar-refractivity contribution in [2.75, 3.05) is 6.61 Å². The molecule has 0 radical (unpaired) electrons. The first-order valence-electron chi connectivity index (χ1n) is 4.05. The third-order valence-electron chi connectivity index (χ3n) is 1.53. The highest BCUT2D eigenvalue weighted by Gasteiger charge is 1.95. The summed E-state index contributed by atoms with van der Waals surface area (Å²) in [5.41, 5.74) is 0.869. The van der Waals surface area contributed by atoms with Gasteiger partial charge in [0.2, 0.25) is 0 Å². The van der Waals surface area contributed by atoms with Gasteiger partial charge in [-0.05, 0) is 13.0 Å². The second kappa shape index (κ2) is 4.45. The molecule has 0 N–H and O–H groups in total. The Hall–Kier alpha value is -1.58. The normalized spacial score (nSPS) is 10.6. The molecule has 0 saturated heterocycles. The second-order valence-electron chi connectivity index (χ2n) is 2.51. The number of aromatic nitrogens is 2. The summed E-state index contributed by atoms with van der Waals surface area (Å²) < 4.78 is 6.54. The van der Waals surface area contributed by atoms with Crippen LogP contribution in [-0.4, -0.2) is 22.1 Å². The van der Waals surface area contributed by atoms with E-state index in [2.05, 4.69) is 4.98 Å². The Bertz CT molecular complexity index is 315. The van der Waals surface area contributed by atoms with E-state index >= 15 is 0 Å². The Kier molecular flexibility index (Phi) is 3.25. The summed E-state index contributed by atoms with van der Waals surface area (Å²) in [6.07, 6.45) is 6.41. The Balaban J connectivity index is 2.58. The molecule has 1 aromatic heterocycles. The Morgan fingerprint density at radius 2 is 2.54 bits per heavy atom. The van der Waals surface area contributed by atoms with Gasteiger partial charge in [-0.25, -0.2) is 9.78 Å². The van der Waals surface area contributed by atoms with E-state index in [1.54, 1.807) is 25.5 Å². The van der Waals surface area contributed by atoms with Crippen molar-refractivity contribution in [3.05, 3.63) is 24.3 Å². The smallest absolute Gasteiger partial charge is 0.330 e. The molecule has 1 aromatic rings. The molecule has 0 aliphatic rings. The minimum Gasteiger partial charge on any atom is -0.463 e. The molecule has 70 valence electrons. The summed E-state index contributed by atoms with van der Waals surface area (Å²) in [6.45, 7) is 2.17. The van der Waals surface area contributed by atoms with Crippen molar-refractivity contribution in [1.29, 1.82) is 0 Å². The average molecular weight is 180 g/mol. The maximum atomic E-state index is 10.9. The summed E-state index contributed by atoms with van der Waals surface area (Å²) in [6, 6.07) is 0. The van der Waals surface area contributed by atoms with Crippen molar-refractivity contribution >= 4 is 12.0 Å². The lowest BCUT2D eigenvalue weighted by molar-refractivity contribution is -0.137. The van der Waals surface area contributed by atoms with Crippen LogP contribution >= 0.6 is 0 Å². The number of hydrogen-bond acceptors (Lipinski definition) is 3. The van der Waals surface area contributed by atoms with Gasteiger partial charge in [0, 0.05) is 13.1 Å². The summed E-state index contributed by atoms with van der Waals surface area (Å²) in [5, 5.41) is 0. The molecule has 0 aliphatic heterocycles. The SMILES string of the molecule is CCOC(=O)C=Cc1cncn1C. The van der Waals surface area contributed by atoms with E-state index in [1.165, 1.54) is 6.08 Å². The number of carbonyl (C=O) groups is 1. The third kappa shape index (κ3) is 2.74. The number of hydrogen-bond donors (Lipinski definition) is 0. The van der Waals surface area contributed by atoms with Crippen LogP contribution in [0.3, 0.4) is 0 Å². The molecule has 0 spiro atoms. The van der Waals surface area contributed by atoms with Crippen LogP contribution in [0.1, 0.15) is 12.6 Å². The fourth-order valence-corrected chi connectivity index (χ4v) is 0.872. The van der Waals surface area contributed by atoms with E-state index in [0.717, 1.165) is 5.69 Å². The van der Waals surface area contributed by atoms with Crippen molar-refractivity contribution in [2.24, 2.45) is 7.05 Å². The third-order valence-corrected chi connectivity index (χ3v) is 1.53. The predicted molar refractivity (Wildman–Crippen MR) is 48.9 cm³/mol. The maximum Gasteiger partial charge on any atom is 0.330 e. The largest absolute Gasteiger partial charge is 0.463 e. The van der Waals surface area contributed by atoms with Crippen molar-refractivity contribution in [3.8, 4) is 0 Å². The zero-order valence-electron chi connectivity index (χ0n) is 7.73. The van der Waals surface area contributed by atoms with Crippen LogP contribution in [0.2, 0.25) is 0 Å². The molecule has 1 heterocycles. The number of rotatable bonds is 3. The summed E-state index contributed by atoms with van der Waals surface area (Å²) in [5.74, 6) is -0.330. The van der Waals surface area contributed by atoms with E-state index in [9.17, 15) is 4.79 Å². The van der Waals surface area contributed by atoms with Gasteiger partial charge in [-0.1, -0.05) is 0 Å². The Morgan fingerprint density at radius 1 is 1.77 bits per heavy atom. The lowest BCUT2D eigenvalue weighted by Crippen LogP contribution is -1.99. The van der Waals surface area contributed by atoms with Crippen LogP contribution in [-0.2, 0) is 16.6 Å². The first-order valence-corrected chi connectivity index (χ1v) is 4.05. The van der Waals surface area contributed by atoms with Crippen LogP contribution in [0.5, 0.6) is 0 Å². The van der Waals surface area contributed by atoms with Crippen molar-refractivity contribution in [3.63, 3.8) is 0 Å². The fraction of sp³-hybridized carbons (Fsp3) is 0.333. The van der Waals surface area contributed by atoms with E-state index < -0.39 is 0 Å². The first-order chi connectivity index (χ1) is 6.24. The van der Waals surface area contributed by atoms with Gasteiger partial charge < -0.3 is 9.30 Å². The van der Waals surface area contributed by atoms with Crippen LogP contribution in [0.25, 0.3) is 6.08 Å². The van der Waals surface area contributed by atoms with Gasteiger partial charge in [-0.2, -0.15) is 0 Å². The molecular formula is C9H12N2O2. The van der Waals surface area contributed by atoms with Gasteiger partial charge in [-0.15, -0.1) is 0 Å². The molecule has 0 saturated carbocycles. The van der Waals surface area contributed by atoms with Crippen LogP contribution in [0.4, 0.5) is 0 Å². The molecule has 0 fully saturated rings. The summed E-state index contributed by atoms with van der Waals surface area (Å²) in [4.78, 5) is 14.8. The van der Waals surface area contributed by atoms with Crippen molar-refractivity contribution in [2.45, 2.75) is 6.92 Å². The van der Waals surface area contributed by atoms with Gasteiger partial charge in [-0.3, -0.25) is 0 Å². The first kappa shape index (κ1) is 9.51. The van der Waals surface area contributed by atoms with Gasteiger partial charge >= 0.3 is 5.97 Å². The predicted octanol–water partition coefficient (Wildman–Crippen LogP) is 0.996. The minimum absolute atomic E-state index is 0.330. The average Bonchev–Trinajstić information content (AvgIpc) is 2.48. The number of ether oxygens (including phenoxy) is 1. The Morgan fingerprint density at radius 3 is 3.08 bits per heavy atom. The highest BCUT2D eigenvalue weighted by Crippen LogP contribution is 1.99. The molecule has 0 aromatic carbocycles.